The Morgan fingerprint density at radius 1 is 1.00 bits per heavy atom. The molecule has 3 aromatic carbocycles. The highest BCUT2D eigenvalue weighted by Gasteiger charge is 2.20. The van der Waals surface area contributed by atoms with Crippen molar-refractivity contribution in [2.75, 3.05) is 12.4 Å². The number of carbonyl (C=O) groups excluding carboxylic acids is 1. The summed E-state index contributed by atoms with van der Waals surface area (Å²) in [5.41, 5.74) is 1.66. The molecule has 1 N–H and O–H groups in total. The number of methoxy groups -OCH3 is 1. The van der Waals surface area contributed by atoms with Crippen LogP contribution in [0, 0.1) is 0 Å². The highest BCUT2D eigenvalue weighted by molar-refractivity contribution is 7.08. The maximum atomic E-state index is 13.0. The molecule has 1 heterocycles. The highest BCUT2D eigenvalue weighted by atomic mass is 35.5. The van der Waals surface area contributed by atoms with Crippen molar-refractivity contribution in [2.24, 2.45) is 0 Å². The number of halogens is 1. The van der Waals surface area contributed by atoms with Gasteiger partial charge in [0.2, 0.25) is 0 Å². The minimum atomic E-state index is -0.358. The number of rotatable bonds is 6. The van der Waals surface area contributed by atoms with Gasteiger partial charge in [0.15, 0.2) is 5.75 Å². The molecule has 30 heavy (non-hydrogen) atoms. The number of aromatic nitrogens is 2. The van der Waals surface area contributed by atoms with Crippen molar-refractivity contribution in [1.82, 2.24) is 9.59 Å². The van der Waals surface area contributed by atoms with Gasteiger partial charge in [-0.2, -0.15) is 0 Å². The Morgan fingerprint density at radius 3 is 2.60 bits per heavy atom. The van der Waals surface area contributed by atoms with E-state index in [9.17, 15) is 4.79 Å². The molecule has 1 aromatic heterocycles. The minimum Gasteiger partial charge on any atom is -0.497 e. The zero-order chi connectivity index (χ0) is 20.9. The maximum absolute atomic E-state index is 13.0. The molecule has 6 nitrogen and oxygen atoms in total. The Morgan fingerprint density at radius 2 is 1.80 bits per heavy atom. The van der Waals surface area contributed by atoms with Crippen molar-refractivity contribution in [1.29, 1.82) is 0 Å². The number of nitrogens with zero attached hydrogens (tertiary/aromatic N) is 2. The summed E-state index contributed by atoms with van der Waals surface area (Å²) in [5.74, 6) is 1.43. The molecule has 1 amide bonds. The minimum absolute atomic E-state index is 0.358. The standard InChI is InChI=1S/C22H16ClN3O3S/c1-28-17-9-5-6-14(12-17)20-21(30-26-25-20)22(27)24-18-13-15(23)10-11-19(18)29-16-7-3-2-4-8-16/h2-13H,1H3,(H,24,27). The summed E-state index contributed by atoms with van der Waals surface area (Å²) in [7, 11) is 1.58. The number of nitrogens with one attached hydrogen (secondary N) is 1. The van der Waals surface area contributed by atoms with Gasteiger partial charge in [0.05, 0.1) is 12.8 Å². The zero-order valence-corrected chi connectivity index (χ0v) is 17.4. The van der Waals surface area contributed by atoms with E-state index in [0.717, 1.165) is 17.1 Å². The van der Waals surface area contributed by atoms with E-state index in [1.54, 1.807) is 31.4 Å². The summed E-state index contributed by atoms with van der Waals surface area (Å²) in [6, 6.07) is 21.6. The molecule has 4 aromatic rings. The lowest BCUT2D eigenvalue weighted by Crippen LogP contribution is -2.12. The first-order valence-electron chi connectivity index (χ1n) is 8.94. The fourth-order valence-corrected chi connectivity index (χ4v) is 3.54. The van der Waals surface area contributed by atoms with E-state index in [4.69, 9.17) is 21.1 Å². The Bertz CT molecular complexity index is 1180. The van der Waals surface area contributed by atoms with Gasteiger partial charge in [-0.1, -0.05) is 46.4 Å². The lowest BCUT2D eigenvalue weighted by molar-refractivity contribution is 0.103. The molecule has 0 bridgehead atoms. The quantitative estimate of drug-likeness (QED) is 0.405. The van der Waals surface area contributed by atoms with Crippen LogP contribution in [0.1, 0.15) is 9.67 Å². The normalized spacial score (nSPS) is 10.5. The second-order valence-corrected chi connectivity index (χ2v) is 7.38. The van der Waals surface area contributed by atoms with Crippen molar-refractivity contribution < 1.29 is 14.3 Å². The molecule has 0 unspecified atom stereocenters. The summed E-state index contributed by atoms with van der Waals surface area (Å²) in [4.78, 5) is 13.4. The number of benzene rings is 3. The molecular formula is C22H16ClN3O3S. The second-order valence-electron chi connectivity index (χ2n) is 6.19. The van der Waals surface area contributed by atoms with E-state index < -0.39 is 0 Å². The van der Waals surface area contributed by atoms with E-state index in [0.29, 0.717) is 38.5 Å². The van der Waals surface area contributed by atoms with E-state index >= 15 is 0 Å². The van der Waals surface area contributed by atoms with Crippen molar-refractivity contribution in [3.05, 3.63) is 82.7 Å². The van der Waals surface area contributed by atoms with Gasteiger partial charge in [-0.3, -0.25) is 4.79 Å². The molecule has 150 valence electrons. The monoisotopic (exact) mass is 437 g/mol. The summed E-state index contributed by atoms with van der Waals surface area (Å²) in [6.07, 6.45) is 0. The molecule has 0 saturated heterocycles. The molecular weight excluding hydrogens is 422 g/mol. The Labute approximate surface area is 182 Å². The number of anilines is 1. The van der Waals surface area contributed by atoms with E-state index in [-0.39, 0.29) is 5.91 Å². The lowest BCUT2D eigenvalue weighted by atomic mass is 10.1. The number of para-hydroxylation sites is 1. The number of carbonyl (C=O) groups is 1. The van der Waals surface area contributed by atoms with Crippen LogP contribution in [-0.4, -0.2) is 22.6 Å². The number of ether oxygens (including phenoxy) is 2. The predicted molar refractivity (Wildman–Crippen MR) is 118 cm³/mol. The molecule has 0 aliphatic rings. The molecule has 0 fully saturated rings. The van der Waals surface area contributed by atoms with Crippen LogP contribution in [0.25, 0.3) is 11.3 Å². The molecule has 0 aliphatic carbocycles. The van der Waals surface area contributed by atoms with Gasteiger partial charge in [0, 0.05) is 10.6 Å². The number of amides is 1. The Kier molecular flexibility index (Phi) is 5.92. The lowest BCUT2D eigenvalue weighted by Gasteiger charge is -2.12. The first kappa shape index (κ1) is 19.9. The van der Waals surface area contributed by atoms with Crippen LogP contribution in [0.15, 0.2) is 72.8 Å². The average molecular weight is 438 g/mol. The summed E-state index contributed by atoms with van der Waals surface area (Å²) < 4.78 is 15.1. The van der Waals surface area contributed by atoms with Gasteiger partial charge in [0.25, 0.3) is 5.91 Å². The van der Waals surface area contributed by atoms with Gasteiger partial charge < -0.3 is 14.8 Å². The smallest absolute Gasteiger partial charge is 0.269 e. The SMILES string of the molecule is COc1cccc(-c2nnsc2C(=O)Nc2cc(Cl)ccc2Oc2ccccc2)c1. The first-order chi connectivity index (χ1) is 14.6. The van der Waals surface area contributed by atoms with Crippen LogP contribution in [0.4, 0.5) is 5.69 Å². The zero-order valence-electron chi connectivity index (χ0n) is 15.8. The van der Waals surface area contributed by atoms with Crippen molar-refractivity contribution in [3.8, 4) is 28.5 Å². The molecule has 8 heteroatoms. The fraction of sp³-hybridized carbons (Fsp3) is 0.0455. The molecule has 0 saturated carbocycles. The Balaban J connectivity index is 1.62. The third kappa shape index (κ3) is 4.42. The molecule has 0 radical (unpaired) electrons. The van der Waals surface area contributed by atoms with Crippen LogP contribution in [0.2, 0.25) is 5.02 Å². The van der Waals surface area contributed by atoms with Crippen LogP contribution < -0.4 is 14.8 Å². The number of hydrogen-bond donors (Lipinski definition) is 1. The number of hydrogen-bond acceptors (Lipinski definition) is 6. The Hall–Kier alpha value is -3.42. The third-order valence-electron chi connectivity index (χ3n) is 4.20. The van der Waals surface area contributed by atoms with Crippen molar-refractivity contribution in [2.45, 2.75) is 0 Å². The molecule has 0 atom stereocenters. The summed E-state index contributed by atoms with van der Waals surface area (Å²) in [6.45, 7) is 0. The van der Waals surface area contributed by atoms with Crippen LogP contribution in [0.5, 0.6) is 17.2 Å². The van der Waals surface area contributed by atoms with Crippen molar-refractivity contribution >= 4 is 34.7 Å². The van der Waals surface area contributed by atoms with E-state index in [1.807, 2.05) is 48.5 Å². The van der Waals surface area contributed by atoms with Gasteiger partial charge in [0.1, 0.15) is 22.1 Å². The van der Waals surface area contributed by atoms with E-state index in [1.165, 1.54) is 0 Å². The van der Waals surface area contributed by atoms with Gasteiger partial charge >= 0.3 is 0 Å². The summed E-state index contributed by atoms with van der Waals surface area (Å²) in [5, 5.41) is 7.46. The topological polar surface area (TPSA) is 73.3 Å². The van der Waals surface area contributed by atoms with E-state index in [2.05, 4.69) is 14.9 Å². The second kappa shape index (κ2) is 8.94. The first-order valence-corrected chi connectivity index (χ1v) is 10.1. The van der Waals surface area contributed by atoms with Gasteiger partial charge in [-0.25, -0.2) is 0 Å². The fourth-order valence-electron chi connectivity index (χ4n) is 2.78. The maximum Gasteiger partial charge on any atom is 0.269 e. The largest absolute Gasteiger partial charge is 0.497 e. The van der Waals surface area contributed by atoms with Gasteiger partial charge in [-0.15, -0.1) is 5.10 Å². The molecule has 0 spiro atoms. The van der Waals surface area contributed by atoms with Crippen LogP contribution in [0.3, 0.4) is 0 Å². The molecule has 0 aliphatic heterocycles. The predicted octanol–water partition coefficient (Wildman–Crippen LogP) is 5.91. The van der Waals surface area contributed by atoms with Crippen LogP contribution >= 0.6 is 23.1 Å². The van der Waals surface area contributed by atoms with Gasteiger partial charge in [-0.05, 0) is 54.0 Å². The average Bonchev–Trinajstić information content (AvgIpc) is 3.27. The van der Waals surface area contributed by atoms with Crippen molar-refractivity contribution in [3.63, 3.8) is 0 Å². The van der Waals surface area contributed by atoms with Crippen LogP contribution in [-0.2, 0) is 0 Å². The summed E-state index contributed by atoms with van der Waals surface area (Å²) >= 11 is 7.16. The molecule has 4 rings (SSSR count). The highest BCUT2D eigenvalue weighted by Crippen LogP contribution is 2.33. The third-order valence-corrected chi connectivity index (χ3v) is 5.16.